The quantitative estimate of drug-likeness (QED) is 0.365. The molecule has 0 amide bonds. The Balaban J connectivity index is 0.00000140. The molecule has 0 unspecified atom stereocenters. The van der Waals surface area contributed by atoms with Crippen molar-refractivity contribution >= 4 is 0 Å². The molecular formula is C28H30Ti+2. The fourth-order valence-electron chi connectivity index (χ4n) is 3.72. The number of rotatable bonds is 3. The Bertz CT molecular complexity index is 679. The summed E-state index contributed by atoms with van der Waals surface area (Å²) in [5.74, 6) is 8.02. The van der Waals surface area contributed by atoms with Crippen molar-refractivity contribution < 1.29 is 21.7 Å². The zero-order valence-corrected chi connectivity index (χ0v) is 20.0. The van der Waals surface area contributed by atoms with Crippen molar-refractivity contribution in [2.75, 3.05) is 0 Å². The molecule has 4 rings (SSSR count). The summed E-state index contributed by atoms with van der Waals surface area (Å²) in [6.07, 6.45) is 9.20. The zero-order chi connectivity index (χ0) is 18.3. The molecule has 0 nitrogen and oxygen atoms in total. The smallest absolute Gasteiger partial charge is 0.358 e. The molecule has 0 atom stereocenters. The summed E-state index contributed by atoms with van der Waals surface area (Å²) in [5.41, 5.74) is 5.20. The maximum atomic E-state index is 2.30. The van der Waals surface area contributed by atoms with Gasteiger partial charge in [0.15, 0.2) is 0 Å². The number of hydrogen-bond acceptors (Lipinski definition) is 0. The molecule has 2 aromatic carbocycles. The van der Waals surface area contributed by atoms with Gasteiger partial charge in [-0.05, 0) is 71.6 Å². The van der Waals surface area contributed by atoms with Crippen LogP contribution in [0.1, 0.15) is 38.8 Å². The van der Waals surface area contributed by atoms with Gasteiger partial charge >= 0.3 is 21.7 Å². The van der Waals surface area contributed by atoms with Crippen LogP contribution in [0.25, 0.3) is 11.1 Å². The number of hydrogen-bond donors (Lipinski definition) is 0. The first-order chi connectivity index (χ1) is 12.5. The van der Waals surface area contributed by atoms with Gasteiger partial charge in [0.1, 0.15) is 0 Å². The Morgan fingerprint density at radius 3 is 0.931 bits per heavy atom. The molecule has 2 fully saturated rings. The molecule has 0 aromatic heterocycles. The molecule has 10 radical (unpaired) electrons. The average Bonchev–Trinajstić information content (AvgIpc) is 3.17. The summed E-state index contributed by atoms with van der Waals surface area (Å²) in [4.78, 5) is 0. The van der Waals surface area contributed by atoms with E-state index in [1.165, 1.54) is 57.8 Å². The molecule has 0 bridgehead atoms. The van der Waals surface area contributed by atoms with E-state index in [0.717, 1.165) is 0 Å². The van der Waals surface area contributed by atoms with Gasteiger partial charge in [-0.2, -0.15) is 0 Å². The fraction of sp³-hybridized carbons (Fsp3) is 0.143. The first kappa shape index (κ1) is 26.2. The largest absolute Gasteiger partial charge is 4.00 e. The van der Waals surface area contributed by atoms with Gasteiger partial charge in [0.2, 0.25) is 0 Å². The Morgan fingerprint density at radius 2 is 0.655 bits per heavy atom. The van der Waals surface area contributed by atoms with Crippen molar-refractivity contribution in [1.29, 1.82) is 0 Å². The number of benzene rings is 2. The average molecular weight is 414 g/mol. The van der Waals surface area contributed by atoms with Gasteiger partial charge in [0, 0.05) is 11.8 Å². The van der Waals surface area contributed by atoms with Crippen LogP contribution in [0.4, 0.5) is 0 Å². The van der Waals surface area contributed by atoms with Crippen molar-refractivity contribution in [3.05, 3.63) is 136 Å². The molecule has 0 saturated heterocycles. The second-order valence-corrected chi connectivity index (χ2v) is 7.31. The fourth-order valence-corrected chi connectivity index (χ4v) is 3.72. The van der Waals surface area contributed by atoms with E-state index in [9.17, 15) is 0 Å². The van der Waals surface area contributed by atoms with Gasteiger partial charge in [-0.25, -0.2) is 0 Å². The topological polar surface area (TPSA) is 0 Å². The van der Waals surface area contributed by atoms with Crippen LogP contribution in [0, 0.1) is 76.0 Å². The van der Waals surface area contributed by atoms with Crippen LogP contribution in [0.3, 0.4) is 0 Å². The maximum absolute atomic E-state index is 2.30. The Hall–Kier alpha value is -0.846. The molecule has 2 saturated carbocycles. The molecule has 1 heteroatoms. The third-order valence-electron chi connectivity index (χ3n) is 5.50. The molecule has 0 N–H and O–H groups in total. The van der Waals surface area contributed by atoms with E-state index < -0.39 is 0 Å². The van der Waals surface area contributed by atoms with E-state index >= 15 is 0 Å². The minimum absolute atomic E-state index is 0. The minimum Gasteiger partial charge on any atom is -0.358 e. The second kappa shape index (κ2) is 11.0. The van der Waals surface area contributed by atoms with Gasteiger partial charge in [-0.1, -0.05) is 76.2 Å². The Kier molecular flexibility index (Phi) is 9.90. The summed E-state index contributed by atoms with van der Waals surface area (Å²) in [6.45, 7) is 8.74. The van der Waals surface area contributed by atoms with Gasteiger partial charge in [0.05, 0.1) is 0 Å². The molecule has 144 valence electrons. The van der Waals surface area contributed by atoms with Gasteiger partial charge < -0.3 is 14.9 Å². The van der Waals surface area contributed by atoms with E-state index in [0.29, 0.717) is 0 Å². The summed E-state index contributed by atoms with van der Waals surface area (Å²) >= 11 is 0. The van der Waals surface area contributed by atoms with E-state index in [1.807, 2.05) is 0 Å². The standard InChI is InChI=1S/C26H24.2CH3.Ti/c1-17-13-21(14-18(17)2)23-9-5-7-11-25(23)26-12-8-6-10-24(26)22-15-19(3)20(4)16-22;;;/h5-16H,1-4H3;2*1H3;/q;2*-1;+4. The van der Waals surface area contributed by atoms with Crippen LogP contribution in [-0.4, -0.2) is 0 Å². The van der Waals surface area contributed by atoms with Crippen LogP contribution in [0.5, 0.6) is 0 Å². The van der Waals surface area contributed by atoms with Crippen molar-refractivity contribution in [2.24, 2.45) is 0 Å². The van der Waals surface area contributed by atoms with E-state index in [4.69, 9.17) is 0 Å². The van der Waals surface area contributed by atoms with Crippen LogP contribution in [0.2, 0.25) is 0 Å². The van der Waals surface area contributed by atoms with Crippen LogP contribution < -0.4 is 0 Å². The Labute approximate surface area is 195 Å². The predicted octanol–water partition coefficient (Wildman–Crippen LogP) is 7.32. The van der Waals surface area contributed by atoms with Crippen LogP contribution in [0.15, 0.2) is 48.5 Å². The van der Waals surface area contributed by atoms with Crippen molar-refractivity contribution in [2.45, 2.75) is 27.7 Å². The van der Waals surface area contributed by atoms with Crippen molar-refractivity contribution in [3.8, 4) is 11.1 Å². The van der Waals surface area contributed by atoms with Crippen molar-refractivity contribution in [3.63, 3.8) is 0 Å². The first-order valence-corrected chi connectivity index (χ1v) is 9.21. The molecule has 29 heavy (non-hydrogen) atoms. The third-order valence-corrected chi connectivity index (χ3v) is 5.50. The van der Waals surface area contributed by atoms with Crippen LogP contribution in [-0.2, 0) is 21.7 Å². The SMILES string of the molecule is C[C]1[CH][C](c2ccccc2-c2ccccc2[C]2[CH][C](C)[C](C)[CH]2)[CH][C]1C.[CH3-].[CH3-].[Ti+4]. The molecule has 2 aliphatic rings. The molecule has 0 spiro atoms. The van der Waals surface area contributed by atoms with E-state index in [-0.39, 0.29) is 36.6 Å². The van der Waals surface area contributed by atoms with E-state index in [1.54, 1.807) is 0 Å². The normalized spacial score (nSPS) is 19.6. The van der Waals surface area contributed by atoms with Gasteiger partial charge in [-0.3, -0.25) is 0 Å². The molecule has 0 heterocycles. The minimum atomic E-state index is 0. The Morgan fingerprint density at radius 1 is 0.414 bits per heavy atom. The summed E-state index contributed by atoms with van der Waals surface area (Å²) in [5, 5.41) is 0. The summed E-state index contributed by atoms with van der Waals surface area (Å²) in [7, 11) is 0. The second-order valence-electron chi connectivity index (χ2n) is 7.31. The molecule has 2 aromatic rings. The van der Waals surface area contributed by atoms with Crippen molar-refractivity contribution in [1.82, 2.24) is 0 Å². The van der Waals surface area contributed by atoms with Gasteiger partial charge in [0.25, 0.3) is 0 Å². The first-order valence-electron chi connectivity index (χ1n) is 9.21. The summed E-state index contributed by atoms with van der Waals surface area (Å²) in [6, 6.07) is 17.5. The molecule has 2 aliphatic carbocycles. The maximum Gasteiger partial charge on any atom is 4.00 e. The van der Waals surface area contributed by atoms with Gasteiger partial charge in [-0.15, -0.1) is 0 Å². The third kappa shape index (κ3) is 5.26. The zero-order valence-electron chi connectivity index (χ0n) is 18.4. The van der Waals surface area contributed by atoms with E-state index in [2.05, 4.69) is 102 Å². The predicted molar refractivity (Wildman–Crippen MR) is 122 cm³/mol. The van der Waals surface area contributed by atoms with Crippen LogP contribution >= 0.6 is 0 Å². The molecular weight excluding hydrogens is 384 g/mol. The molecule has 0 aliphatic heterocycles. The monoisotopic (exact) mass is 414 g/mol. The summed E-state index contributed by atoms with van der Waals surface area (Å²) < 4.78 is 0.